The molecule has 2 heterocycles. The minimum Gasteiger partial charge on any atom is -0.374 e. The average molecular weight is 435 g/mol. The van der Waals surface area contributed by atoms with E-state index in [4.69, 9.17) is 23.7 Å². The molecule has 0 aliphatic carbocycles. The third kappa shape index (κ3) is 5.69. The Morgan fingerprint density at radius 3 is 2.06 bits per heavy atom. The normalized spacial score (nSPS) is 41.3. The Morgan fingerprint density at radius 2 is 1.42 bits per heavy atom. The van der Waals surface area contributed by atoms with Crippen LogP contribution in [0.4, 0.5) is 0 Å². The SMILES string of the molecule is CCC1O[C@@H](O[C@@H]2C(COCc3ccccc3)O[C@H](OC)C(C)[C@H]2C)C(C)[C@@H](C)[C@@H]1C. The first-order valence-corrected chi connectivity index (χ1v) is 12.0. The van der Waals surface area contributed by atoms with E-state index >= 15 is 0 Å². The summed E-state index contributed by atoms with van der Waals surface area (Å²) in [6, 6.07) is 10.2. The van der Waals surface area contributed by atoms with Gasteiger partial charge in [0.05, 0.1) is 25.4 Å². The predicted molar refractivity (Wildman–Crippen MR) is 121 cm³/mol. The van der Waals surface area contributed by atoms with Crippen LogP contribution in [-0.4, -0.2) is 44.6 Å². The molecule has 1 aromatic rings. The lowest BCUT2D eigenvalue weighted by Gasteiger charge is -2.48. The summed E-state index contributed by atoms with van der Waals surface area (Å²) in [4.78, 5) is 0. The molecule has 176 valence electrons. The van der Waals surface area contributed by atoms with Crippen LogP contribution < -0.4 is 0 Å². The lowest BCUT2D eigenvalue weighted by molar-refractivity contribution is -0.325. The molecule has 0 bridgehead atoms. The van der Waals surface area contributed by atoms with E-state index in [0.29, 0.717) is 31.0 Å². The van der Waals surface area contributed by atoms with Crippen molar-refractivity contribution < 1.29 is 23.7 Å². The number of hydrogen-bond donors (Lipinski definition) is 0. The monoisotopic (exact) mass is 434 g/mol. The zero-order valence-electron chi connectivity index (χ0n) is 20.3. The number of benzene rings is 1. The van der Waals surface area contributed by atoms with E-state index in [9.17, 15) is 0 Å². The molecular formula is C26H42O5. The van der Waals surface area contributed by atoms with E-state index < -0.39 is 0 Å². The van der Waals surface area contributed by atoms with Crippen molar-refractivity contribution in [1.82, 2.24) is 0 Å². The highest BCUT2D eigenvalue weighted by molar-refractivity contribution is 5.13. The number of hydrogen-bond acceptors (Lipinski definition) is 5. The first-order chi connectivity index (χ1) is 14.9. The van der Waals surface area contributed by atoms with E-state index in [0.717, 1.165) is 12.0 Å². The fourth-order valence-corrected chi connectivity index (χ4v) is 5.01. The molecule has 0 spiro atoms. The molecular weight excluding hydrogens is 392 g/mol. The second-order valence-electron chi connectivity index (χ2n) is 9.63. The van der Waals surface area contributed by atoms with Crippen molar-refractivity contribution in [2.75, 3.05) is 13.7 Å². The first-order valence-electron chi connectivity index (χ1n) is 12.0. The lowest BCUT2D eigenvalue weighted by Crippen LogP contribution is -2.56. The zero-order chi connectivity index (χ0) is 22.5. The van der Waals surface area contributed by atoms with Crippen LogP contribution in [0.5, 0.6) is 0 Å². The molecule has 0 saturated carbocycles. The van der Waals surface area contributed by atoms with Crippen molar-refractivity contribution in [3.05, 3.63) is 35.9 Å². The molecule has 1 aromatic carbocycles. The molecule has 5 nitrogen and oxygen atoms in total. The first kappa shape index (κ1) is 24.7. The van der Waals surface area contributed by atoms with Crippen LogP contribution in [0.3, 0.4) is 0 Å². The van der Waals surface area contributed by atoms with Crippen LogP contribution in [0.25, 0.3) is 0 Å². The van der Waals surface area contributed by atoms with E-state index in [1.54, 1.807) is 7.11 Å². The Morgan fingerprint density at radius 1 is 0.774 bits per heavy atom. The summed E-state index contributed by atoms with van der Waals surface area (Å²) < 4.78 is 31.2. The topological polar surface area (TPSA) is 46.2 Å². The molecule has 2 aliphatic rings. The summed E-state index contributed by atoms with van der Waals surface area (Å²) in [6.45, 7) is 14.5. The number of rotatable bonds is 8. The van der Waals surface area contributed by atoms with Crippen molar-refractivity contribution in [2.45, 2.75) is 85.5 Å². The summed E-state index contributed by atoms with van der Waals surface area (Å²) in [5.74, 6) is 1.88. The summed E-state index contributed by atoms with van der Waals surface area (Å²) in [7, 11) is 1.71. The number of methoxy groups -OCH3 is 1. The molecule has 10 atom stereocenters. The van der Waals surface area contributed by atoms with E-state index in [-0.39, 0.29) is 42.7 Å². The fraction of sp³-hybridized carbons (Fsp3) is 0.769. The molecule has 0 N–H and O–H groups in total. The molecule has 2 saturated heterocycles. The summed E-state index contributed by atoms with van der Waals surface area (Å²) in [5.41, 5.74) is 1.15. The molecule has 3 rings (SSSR count). The van der Waals surface area contributed by atoms with Crippen LogP contribution in [0.2, 0.25) is 0 Å². The maximum absolute atomic E-state index is 6.70. The second kappa shape index (κ2) is 11.2. The third-order valence-corrected chi connectivity index (χ3v) is 7.76. The van der Waals surface area contributed by atoms with Gasteiger partial charge in [-0.3, -0.25) is 0 Å². The smallest absolute Gasteiger partial charge is 0.161 e. The molecule has 0 amide bonds. The second-order valence-corrected chi connectivity index (χ2v) is 9.63. The van der Waals surface area contributed by atoms with Crippen LogP contribution in [0, 0.1) is 29.6 Å². The van der Waals surface area contributed by atoms with E-state index in [1.807, 2.05) is 18.2 Å². The highest BCUT2D eigenvalue weighted by Gasteiger charge is 2.46. The molecule has 31 heavy (non-hydrogen) atoms. The van der Waals surface area contributed by atoms with E-state index in [1.165, 1.54) is 0 Å². The predicted octanol–water partition coefficient (Wildman–Crippen LogP) is 5.28. The molecule has 0 radical (unpaired) electrons. The van der Waals surface area contributed by atoms with Crippen LogP contribution >= 0.6 is 0 Å². The highest BCUT2D eigenvalue weighted by atomic mass is 16.7. The van der Waals surface area contributed by atoms with Crippen LogP contribution in [-0.2, 0) is 30.3 Å². The summed E-state index contributed by atoms with van der Waals surface area (Å²) >= 11 is 0. The molecule has 2 fully saturated rings. The lowest BCUT2D eigenvalue weighted by atomic mass is 9.78. The largest absolute Gasteiger partial charge is 0.374 e. The molecule has 4 unspecified atom stereocenters. The number of ether oxygens (including phenoxy) is 5. The van der Waals surface area contributed by atoms with Crippen molar-refractivity contribution >= 4 is 0 Å². The Bertz CT molecular complexity index is 650. The van der Waals surface area contributed by atoms with Gasteiger partial charge in [-0.25, -0.2) is 0 Å². The molecule has 5 heteroatoms. The van der Waals surface area contributed by atoms with Gasteiger partial charge in [-0.1, -0.05) is 71.9 Å². The zero-order valence-corrected chi connectivity index (χ0v) is 20.3. The van der Waals surface area contributed by atoms with Gasteiger partial charge in [0, 0.05) is 18.9 Å². The Hall–Kier alpha value is -0.980. The van der Waals surface area contributed by atoms with Gasteiger partial charge in [-0.2, -0.15) is 0 Å². The van der Waals surface area contributed by atoms with Gasteiger partial charge in [0.25, 0.3) is 0 Å². The van der Waals surface area contributed by atoms with Gasteiger partial charge >= 0.3 is 0 Å². The van der Waals surface area contributed by atoms with E-state index in [2.05, 4.69) is 53.7 Å². The summed E-state index contributed by atoms with van der Waals surface area (Å²) in [5, 5.41) is 0. The quantitative estimate of drug-likeness (QED) is 0.557. The maximum atomic E-state index is 6.70. The molecule has 0 aromatic heterocycles. The van der Waals surface area contributed by atoms with Gasteiger partial charge in [-0.05, 0) is 29.7 Å². The van der Waals surface area contributed by atoms with Crippen LogP contribution in [0.1, 0.15) is 53.5 Å². The fourth-order valence-electron chi connectivity index (χ4n) is 5.01. The van der Waals surface area contributed by atoms with Gasteiger partial charge in [0.1, 0.15) is 6.10 Å². The van der Waals surface area contributed by atoms with Crippen LogP contribution in [0.15, 0.2) is 30.3 Å². The Labute approximate surface area is 188 Å². The Kier molecular flexibility index (Phi) is 8.94. The average Bonchev–Trinajstić information content (AvgIpc) is 2.79. The van der Waals surface area contributed by atoms with Crippen molar-refractivity contribution in [2.24, 2.45) is 29.6 Å². The highest BCUT2D eigenvalue weighted by Crippen LogP contribution is 2.40. The van der Waals surface area contributed by atoms with Gasteiger partial charge in [0.15, 0.2) is 12.6 Å². The standard InChI is InChI=1S/C26H42O5/c1-8-22-17(3)16(2)19(5)26(29-22)31-24-18(4)20(6)25(27-7)30-23(24)15-28-14-21-12-10-9-11-13-21/h9-13,16-20,22-26H,8,14-15H2,1-7H3/t16-,17-,18+,19?,20?,22?,23?,24-,25-,26-/m0/s1. The minimum absolute atomic E-state index is 0.109. The van der Waals surface area contributed by atoms with Gasteiger partial charge < -0.3 is 23.7 Å². The minimum atomic E-state index is -0.257. The maximum Gasteiger partial charge on any atom is 0.161 e. The van der Waals surface area contributed by atoms with Crippen molar-refractivity contribution in [3.8, 4) is 0 Å². The summed E-state index contributed by atoms with van der Waals surface area (Å²) in [6.07, 6.45) is 0.434. The third-order valence-electron chi connectivity index (χ3n) is 7.76. The van der Waals surface area contributed by atoms with Gasteiger partial charge in [-0.15, -0.1) is 0 Å². The van der Waals surface area contributed by atoms with Crippen molar-refractivity contribution in [3.63, 3.8) is 0 Å². The van der Waals surface area contributed by atoms with Gasteiger partial charge in [0.2, 0.25) is 0 Å². The van der Waals surface area contributed by atoms with Crippen molar-refractivity contribution in [1.29, 1.82) is 0 Å². The Balaban J connectivity index is 1.70. The molecule has 2 aliphatic heterocycles.